The standard InChI is InChI=1S/C15H29NO3/c1-12(13(17)19-14(2,3)4)16-11-15(18)9-7-5-6-8-10-15/h12,16,18H,5-11H2,1-4H3. The molecule has 1 saturated carbocycles. The molecule has 1 atom stereocenters. The van der Waals surface area contributed by atoms with E-state index in [4.69, 9.17) is 4.74 Å². The van der Waals surface area contributed by atoms with Crippen LogP contribution in [0.1, 0.15) is 66.2 Å². The molecule has 1 unspecified atom stereocenters. The lowest BCUT2D eigenvalue weighted by atomic mass is 9.94. The minimum absolute atomic E-state index is 0.260. The number of hydrogen-bond donors (Lipinski definition) is 2. The van der Waals surface area contributed by atoms with Crippen LogP contribution in [0.15, 0.2) is 0 Å². The summed E-state index contributed by atoms with van der Waals surface area (Å²) in [5.74, 6) is -0.260. The fourth-order valence-electron chi connectivity index (χ4n) is 2.38. The molecule has 1 rings (SSSR count). The van der Waals surface area contributed by atoms with E-state index in [0.717, 1.165) is 25.7 Å². The second-order valence-corrected chi connectivity index (χ2v) is 6.77. The quantitative estimate of drug-likeness (QED) is 0.609. The zero-order valence-electron chi connectivity index (χ0n) is 12.8. The van der Waals surface area contributed by atoms with Crippen LogP contribution in [-0.2, 0) is 9.53 Å². The Morgan fingerprint density at radius 1 is 1.26 bits per heavy atom. The van der Waals surface area contributed by atoms with E-state index in [9.17, 15) is 9.90 Å². The Morgan fingerprint density at radius 2 is 1.79 bits per heavy atom. The van der Waals surface area contributed by atoms with Gasteiger partial charge in [0, 0.05) is 6.54 Å². The zero-order chi connectivity index (χ0) is 14.5. The van der Waals surface area contributed by atoms with Crippen molar-refractivity contribution in [3.05, 3.63) is 0 Å². The van der Waals surface area contributed by atoms with Gasteiger partial charge < -0.3 is 15.2 Å². The fourth-order valence-corrected chi connectivity index (χ4v) is 2.38. The average Bonchev–Trinajstić information content (AvgIpc) is 2.49. The maximum atomic E-state index is 11.8. The summed E-state index contributed by atoms with van der Waals surface area (Å²) in [6, 6.07) is -0.383. The molecule has 1 aliphatic rings. The monoisotopic (exact) mass is 271 g/mol. The van der Waals surface area contributed by atoms with Crippen LogP contribution >= 0.6 is 0 Å². The summed E-state index contributed by atoms with van der Waals surface area (Å²) in [5, 5.41) is 13.6. The largest absolute Gasteiger partial charge is 0.459 e. The number of carbonyl (C=O) groups is 1. The molecule has 0 saturated heterocycles. The van der Waals surface area contributed by atoms with E-state index in [1.165, 1.54) is 12.8 Å². The van der Waals surface area contributed by atoms with Gasteiger partial charge >= 0.3 is 5.97 Å². The van der Waals surface area contributed by atoms with E-state index in [-0.39, 0.29) is 12.0 Å². The number of nitrogens with one attached hydrogen (secondary N) is 1. The number of esters is 1. The first-order valence-electron chi connectivity index (χ1n) is 7.40. The van der Waals surface area contributed by atoms with Crippen LogP contribution < -0.4 is 5.32 Å². The number of hydrogen-bond acceptors (Lipinski definition) is 4. The van der Waals surface area contributed by atoms with Crippen molar-refractivity contribution in [2.24, 2.45) is 0 Å². The summed E-state index contributed by atoms with van der Waals surface area (Å²) in [6.45, 7) is 7.82. The molecule has 19 heavy (non-hydrogen) atoms. The van der Waals surface area contributed by atoms with Gasteiger partial charge in [-0.1, -0.05) is 25.7 Å². The number of rotatable bonds is 4. The topological polar surface area (TPSA) is 58.6 Å². The lowest BCUT2D eigenvalue weighted by Gasteiger charge is -2.29. The van der Waals surface area contributed by atoms with E-state index in [1.807, 2.05) is 20.8 Å². The molecule has 0 spiro atoms. The normalized spacial score (nSPS) is 21.5. The molecule has 112 valence electrons. The minimum atomic E-state index is -0.660. The first-order chi connectivity index (χ1) is 8.72. The smallest absolute Gasteiger partial charge is 0.323 e. The van der Waals surface area contributed by atoms with Crippen LogP contribution in [-0.4, -0.2) is 34.9 Å². The lowest BCUT2D eigenvalue weighted by Crippen LogP contribution is -2.47. The van der Waals surface area contributed by atoms with Crippen LogP contribution in [0.5, 0.6) is 0 Å². The lowest BCUT2D eigenvalue weighted by molar-refractivity contribution is -0.157. The summed E-state index contributed by atoms with van der Waals surface area (Å²) < 4.78 is 5.31. The second kappa shape index (κ2) is 6.71. The summed E-state index contributed by atoms with van der Waals surface area (Å²) in [7, 11) is 0. The van der Waals surface area contributed by atoms with Crippen molar-refractivity contribution in [1.82, 2.24) is 5.32 Å². The number of ether oxygens (including phenoxy) is 1. The van der Waals surface area contributed by atoms with Gasteiger partial charge in [0.05, 0.1) is 5.60 Å². The van der Waals surface area contributed by atoms with Crippen molar-refractivity contribution in [3.8, 4) is 0 Å². The van der Waals surface area contributed by atoms with Crippen molar-refractivity contribution < 1.29 is 14.6 Å². The third-order valence-corrected chi connectivity index (χ3v) is 3.53. The van der Waals surface area contributed by atoms with Gasteiger partial charge in [0.2, 0.25) is 0 Å². The van der Waals surface area contributed by atoms with Crippen LogP contribution in [0.3, 0.4) is 0 Å². The fraction of sp³-hybridized carbons (Fsp3) is 0.933. The van der Waals surface area contributed by atoms with Gasteiger partial charge in [0.15, 0.2) is 0 Å². The predicted octanol–water partition coefficient (Wildman–Crippen LogP) is 2.39. The Hall–Kier alpha value is -0.610. The molecule has 2 N–H and O–H groups in total. The molecule has 4 heteroatoms. The Labute approximate surface area is 116 Å². The van der Waals surface area contributed by atoms with E-state index in [1.54, 1.807) is 6.92 Å². The summed E-state index contributed by atoms with van der Waals surface area (Å²) in [5.41, 5.74) is -1.13. The first-order valence-corrected chi connectivity index (χ1v) is 7.40. The van der Waals surface area contributed by atoms with Gasteiger partial charge in [0.1, 0.15) is 11.6 Å². The minimum Gasteiger partial charge on any atom is -0.459 e. The first kappa shape index (κ1) is 16.4. The summed E-state index contributed by atoms with van der Waals surface area (Å²) in [4.78, 5) is 11.8. The molecule has 4 nitrogen and oxygen atoms in total. The molecule has 0 aromatic heterocycles. The van der Waals surface area contributed by atoms with E-state index < -0.39 is 11.2 Å². The highest BCUT2D eigenvalue weighted by atomic mass is 16.6. The maximum absolute atomic E-state index is 11.8. The van der Waals surface area contributed by atoms with Crippen molar-refractivity contribution in [2.45, 2.75) is 83.5 Å². The van der Waals surface area contributed by atoms with Gasteiger partial charge in [-0.05, 0) is 40.5 Å². The van der Waals surface area contributed by atoms with Crippen molar-refractivity contribution >= 4 is 5.97 Å². The predicted molar refractivity (Wildman–Crippen MR) is 76.0 cm³/mol. The summed E-state index contributed by atoms with van der Waals surface area (Å²) in [6.07, 6.45) is 6.17. The summed E-state index contributed by atoms with van der Waals surface area (Å²) >= 11 is 0. The van der Waals surface area contributed by atoms with Crippen LogP contribution in [0, 0.1) is 0 Å². The molecule has 0 amide bonds. The third kappa shape index (κ3) is 6.39. The van der Waals surface area contributed by atoms with Gasteiger partial charge in [-0.2, -0.15) is 0 Å². The molecular formula is C15H29NO3. The Kier molecular flexibility index (Phi) is 5.81. The van der Waals surface area contributed by atoms with Crippen LogP contribution in [0.2, 0.25) is 0 Å². The maximum Gasteiger partial charge on any atom is 0.323 e. The molecule has 0 bridgehead atoms. The van der Waals surface area contributed by atoms with Crippen molar-refractivity contribution in [3.63, 3.8) is 0 Å². The Bertz CT molecular complexity index is 288. The number of carbonyl (C=O) groups excluding carboxylic acids is 1. The molecule has 0 aromatic carbocycles. The van der Waals surface area contributed by atoms with E-state index in [0.29, 0.717) is 6.54 Å². The van der Waals surface area contributed by atoms with Crippen LogP contribution in [0.4, 0.5) is 0 Å². The molecule has 0 aliphatic heterocycles. The molecule has 0 heterocycles. The van der Waals surface area contributed by atoms with Gasteiger partial charge in [-0.25, -0.2) is 0 Å². The Morgan fingerprint density at radius 3 is 2.26 bits per heavy atom. The Balaban J connectivity index is 2.40. The second-order valence-electron chi connectivity index (χ2n) is 6.77. The molecule has 0 aromatic rings. The third-order valence-electron chi connectivity index (χ3n) is 3.53. The number of aliphatic hydroxyl groups is 1. The average molecular weight is 271 g/mol. The van der Waals surface area contributed by atoms with Gasteiger partial charge in [0.25, 0.3) is 0 Å². The van der Waals surface area contributed by atoms with E-state index >= 15 is 0 Å². The highest BCUT2D eigenvalue weighted by Crippen LogP contribution is 2.26. The van der Waals surface area contributed by atoms with Gasteiger partial charge in [-0.3, -0.25) is 4.79 Å². The molecule has 1 fully saturated rings. The van der Waals surface area contributed by atoms with Crippen LogP contribution in [0.25, 0.3) is 0 Å². The van der Waals surface area contributed by atoms with Crippen molar-refractivity contribution in [2.75, 3.05) is 6.54 Å². The highest BCUT2D eigenvalue weighted by molar-refractivity contribution is 5.75. The highest BCUT2D eigenvalue weighted by Gasteiger charge is 2.30. The van der Waals surface area contributed by atoms with Gasteiger partial charge in [-0.15, -0.1) is 0 Å². The molecule has 1 aliphatic carbocycles. The molecular weight excluding hydrogens is 242 g/mol. The zero-order valence-corrected chi connectivity index (χ0v) is 12.8. The SMILES string of the molecule is CC(NCC1(O)CCCCCC1)C(=O)OC(C)(C)C. The van der Waals surface area contributed by atoms with E-state index in [2.05, 4.69) is 5.32 Å². The van der Waals surface area contributed by atoms with Crippen molar-refractivity contribution in [1.29, 1.82) is 0 Å². The molecule has 0 radical (unpaired) electrons.